The second kappa shape index (κ2) is 8.59. The van der Waals surface area contributed by atoms with Gasteiger partial charge in [-0.3, -0.25) is 0 Å². The Bertz CT molecular complexity index is 139. The average molecular weight is 228 g/mol. The Hall–Kier alpha value is 0.452. The highest BCUT2D eigenvalue weighted by molar-refractivity contribution is 6.46. The van der Waals surface area contributed by atoms with E-state index in [9.17, 15) is 0 Å². The third kappa shape index (κ3) is 5.36. The summed E-state index contributed by atoms with van der Waals surface area (Å²) in [7, 11) is 0. The number of hydrogen-bond acceptors (Lipinski definition) is 2. The standard InChI is InChI=1S/C8H15.2C2H5O.Al/c1-2-4-6-8-7-5-3-1;2*1-2-3;/h1H,2-8H2;2*2H2,1H3;/q;2*-1;+2. The van der Waals surface area contributed by atoms with Crippen molar-refractivity contribution in [1.82, 2.24) is 0 Å². The topological polar surface area (TPSA) is 18.5 Å². The maximum absolute atomic E-state index is 5.83. The van der Waals surface area contributed by atoms with Crippen molar-refractivity contribution in [3.8, 4) is 0 Å². The van der Waals surface area contributed by atoms with E-state index in [-0.39, 0.29) is 0 Å². The normalized spacial score (nSPS) is 19.6. The van der Waals surface area contributed by atoms with Crippen molar-refractivity contribution in [1.29, 1.82) is 0 Å². The first-order chi connectivity index (χ1) is 7.38. The van der Waals surface area contributed by atoms with Gasteiger partial charge in [-0.05, 0) is 18.6 Å². The molecule has 0 aliphatic heterocycles. The fourth-order valence-electron chi connectivity index (χ4n) is 2.41. The van der Waals surface area contributed by atoms with Crippen molar-refractivity contribution >= 4 is 14.8 Å². The maximum atomic E-state index is 5.83. The van der Waals surface area contributed by atoms with Crippen LogP contribution >= 0.6 is 0 Å². The van der Waals surface area contributed by atoms with Crippen LogP contribution in [0.2, 0.25) is 4.78 Å². The van der Waals surface area contributed by atoms with Crippen LogP contribution in [0.4, 0.5) is 0 Å². The van der Waals surface area contributed by atoms with E-state index in [2.05, 4.69) is 13.8 Å². The van der Waals surface area contributed by atoms with Gasteiger partial charge in [-0.25, -0.2) is 0 Å². The zero-order chi connectivity index (χ0) is 10.9. The van der Waals surface area contributed by atoms with Crippen LogP contribution in [0, 0.1) is 0 Å². The number of rotatable bonds is 5. The van der Waals surface area contributed by atoms with Crippen molar-refractivity contribution < 1.29 is 7.58 Å². The molecule has 3 heteroatoms. The molecule has 15 heavy (non-hydrogen) atoms. The first kappa shape index (κ1) is 13.5. The average Bonchev–Trinajstić information content (AvgIpc) is 2.17. The van der Waals surface area contributed by atoms with Crippen LogP contribution in [0.5, 0.6) is 0 Å². The molecule has 1 aliphatic rings. The second-order valence-electron chi connectivity index (χ2n) is 4.38. The molecular formula is C12H25AlO2. The molecule has 1 aliphatic carbocycles. The van der Waals surface area contributed by atoms with E-state index < -0.39 is 14.8 Å². The second-order valence-corrected chi connectivity index (χ2v) is 6.73. The summed E-state index contributed by atoms with van der Waals surface area (Å²) in [6.07, 6.45) is 9.71. The molecule has 1 rings (SSSR count). The predicted octanol–water partition coefficient (Wildman–Crippen LogP) is 3.66. The Morgan fingerprint density at radius 2 is 1.33 bits per heavy atom. The van der Waals surface area contributed by atoms with Gasteiger partial charge in [-0.2, -0.15) is 0 Å². The minimum Gasteiger partial charge on any atom is -0.478 e. The summed E-state index contributed by atoms with van der Waals surface area (Å²) in [6.45, 7) is 5.82. The van der Waals surface area contributed by atoms with Gasteiger partial charge in [0.2, 0.25) is 0 Å². The largest absolute Gasteiger partial charge is 0.678 e. The van der Waals surface area contributed by atoms with Crippen LogP contribution in [0.3, 0.4) is 0 Å². The molecule has 0 bridgehead atoms. The zero-order valence-electron chi connectivity index (χ0n) is 10.3. The predicted molar refractivity (Wildman–Crippen MR) is 65.1 cm³/mol. The van der Waals surface area contributed by atoms with E-state index in [0.29, 0.717) is 0 Å². The summed E-state index contributed by atoms with van der Waals surface area (Å²) in [5.41, 5.74) is 0. The molecule has 0 unspecified atom stereocenters. The van der Waals surface area contributed by atoms with Gasteiger partial charge in [-0.15, -0.1) is 0 Å². The van der Waals surface area contributed by atoms with Crippen molar-refractivity contribution in [3.05, 3.63) is 0 Å². The smallest absolute Gasteiger partial charge is 0.478 e. The van der Waals surface area contributed by atoms with E-state index >= 15 is 0 Å². The first-order valence-electron chi connectivity index (χ1n) is 6.61. The van der Waals surface area contributed by atoms with Gasteiger partial charge in [0.25, 0.3) is 0 Å². The lowest BCUT2D eigenvalue weighted by molar-refractivity contribution is 0.198. The fourth-order valence-corrected chi connectivity index (χ4v) is 4.72. The van der Waals surface area contributed by atoms with E-state index in [1.165, 1.54) is 44.9 Å². The maximum Gasteiger partial charge on any atom is 0.678 e. The summed E-state index contributed by atoms with van der Waals surface area (Å²) < 4.78 is 12.4. The quantitative estimate of drug-likeness (QED) is 0.668. The van der Waals surface area contributed by atoms with Crippen LogP contribution in [0.15, 0.2) is 0 Å². The van der Waals surface area contributed by atoms with Crippen molar-refractivity contribution in [2.45, 2.75) is 63.6 Å². The van der Waals surface area contributed by atoms with Gasteiger partial charge in [0.1, 0.15) is 0 Å². The van der Waals surface area contributed by atoms with Crippen molar-refractivity contribution in [3.63, 3.8) is 0 Å². The molecule has 88 valence electrons. The summed E-state index contributed by atoms with van der Waals surface area (Å²) >= 11 is -1.36. The van der Waals surface area contributed by atoms with Gasteiger partial charge in [-0.1, -0.05) is 44.9 Å². The summed E-state index contributed by atoms with van der Waals surface area (Å²) in [4.78, 5) is 0. The molecule has 0 saturated heterocycles. The zero-order valence-corrected chi connectivity index (χ0v) is 11.5. The molecule has 0 aromatic rings. The Balaban J connectivity index is 2.38. The number of hydrogen-bond donors (Lipinski definition) is 0. The van der Waals surface area contributed by atoms with Gasteiger partial charge in [0, 0.05) is 13.2 Å². The van der Waals surface area contributed by atoms with E-state index in [1.54, 1.807) is 0 Å². The SMILES string of the molecule is CC[O][Al]([O]CC)[CH]1CCCCCCC1. The van der Waals surface area contributed by atoms with Crippen LogP contribution in [-0.4, -0.2) is 28.0 Å². The lowest BCUT2D eigenvalue weighted by Gasteiger charge is -2.23. The molecule has 0 amide bonds. The lowest BCUT2D eigenvalue weighted by Crippen LogP contribution is -2.29. The molecule has 0 spiro atoms. The third-order valence-electron chi connectivity index (χ3n) is 3.20. The summed E-state index contributed by atoms with van der Waals surface area (Å²) in [5, 5.41) is 0. The Kier molecular flexibility index (Phi) is 7.74. The Morgan fingerprint density at radius 1 is 0.867 bits per heavy atom. The summed E-state index contributed by atoms with van der Waals surface area (Å²) in [6, 6.07) is 0. The van der Waals surface area contributed by atoms with Gasteiger partial charge < -0.3 is 7.58 Å². The molecule has 0 aromatic heterocycles. The molecule has 0 aromatic carbocycles. The van der Waals surface area contributed by atoms with E-state index in [1.807, 2.05) is 0 Å². The van der Waals surface area contributed by atoms with Crippen LogP contribution < -0.4 is 0 Å². The van der Waals surface area contributed by atoms with E-state index in [0.717, 1.165) is 18.0 Å². The molecule has 0 atom stereocenters. The first-order valence-corrected chi connectivity index (χ1v) is 8.22. The monoisotopic (exact) mass is 228 g/mol. The highest BCUT2D eigenvalue weighted by Gasteiger charge is 2.34. The molecule has 1 saturated carbocycles. The Labute approximate surface area is 99.4 Å². The lowest BCUT2D eigenvalue weighted by atomic mass is 10.0. The third-order valence-corrected chi connectivity index (χ3v) is 5.96. The minimum atomic E-state index is -1.36. The minimum absolute atomic E-state index is 0.769. The van der Waals surface area contributed by atoms with Crippen LogP contribution in [0.1, 0.15) is 58.8 Å². The van der Waals surface area contributed by atoms with Crippen molar-refractivity contribution in [2.75, 3.05) is 13.2 Å². The molecule has 0 N–H and O–H groups in total. The van der Waals surface area contributed by atoms with Crippen LogP contribution in [0.25, 0.3) is 0 Å². The Morgan fingerprint density at radius 3 is 1.80 bits per heavy atom. The molecule has 2 nitrogen and oxygen atoms in total. The van der Waals surface area contributed by atoms with Gasteiger partial charge in [0.05, 0.1) is 0 Å². The summed E-state index contributed by atoms with van der Waals surface area (Å²) in [5.74, 6) is 0. The molecule has 1 fully saturated rings. The van der Waals surface area contributed by atoms with E-state index in [4.69, 9.17) is 7.58 Å². The molecular weight excluding hydrogens is 203 g/mol. The molecule has 0 radical (unpaired) electrons. The highest BCUT2D eigenvalue weighted by Crippen LogP contribution is 2.30. The molecule has 0 heterocycles. The fraction of sp³-hybridized carbons (Fsp3) is 1.00. The highest BCUT2D eigenvalue weighted by atomic mass is 27.2. The van der Waals surface area contributed by atoms with Gasteiger partial charge in [0.15, 0.2) is 0 Å². The van der Waals surface area contributed by atoms with Crippen LogP contribution in [-0.2, 0) is 7.58 Å². The van der Waals surface area contributed by atoms with Gasteiger partial charge >= 0.3 is 14.8 Å². The van der Waals surface area contributed by atoms with Crippen molar-refractivity contribution in [2.24, 2.45) is 0 Å².